The zero-order valence-electron chi connectivity index (χ0n) is 10.4. The molecule has 0 fully saturated rings. The Morgan fingerprint density at radius 1 is 1.25 bits per heavy atom. The van der Waals surface area contributed by atoms with Crippen molar-refractivity contribution in [2.45, 2.75) is 45.9 Å². The van der Waals surface area contributed by atoms with Crippen LogP contribution in [-0.2, 0) is 0 Å². The summed E-state index contributed by atoms with van der Waals surface area (Å²) in [6.07, 6.45) is -0.734. The number of ether oxygens (including phenoxy) is 1. The predicted molar refractivity (Wildman–Crippen MR) is 65.6 cm³/mol. The highest BCUT2D eigenvalue weighted by atomic mass is 16.5. The van der Waals surface area contributed by atoms with E-state index in [1.807, 2.05) is 39.0 Å². The highest BCUT2D eigenvalue weighted by molar-refractivity contribution is 5.38. The van der Waals surface area contributed by atoms with E-state index in [9.17, 15) is 5.11 Å². The van der Waals surface area contributed by atoms with Crippen molar-refractivity contribution >= 4 is 0 Å². The molecule has 0 radical (unpaired) electrons. The molecule has 0 bridgehead atoms. The van der Waals surface area contributed by atoms with Crippen LogP contribution in [0.3, 0.4) is 0 Å². The van der Waals surface area contributed by atoms with Crippen molar-refractivity contribution in [2.75, 3.05) is 0 Å². The first-order chi connectivity index (χ1) is 7.41. The van der Waals surface area contributed by atoms with Crippen molar-refractivity contribution in [3.63, 3.8) is 0 Å². The van der Waals surface area contributed by atoms with Crippen molar-refractivity contribution in [3.05, 3.63) is 29.3 Å². The van der Waals surface area contributed by atoms with Crippen LogP contribution < -0.4 is 10.5 Å². The first kappa shape index (κ1) is 13.0. The molecule has 0 saturated heterocycles. The summed E-state index contributed by atoms with van der Waals surface area (Å²) in [7, 11) is 0. The third kappa shape index (κ3) is 3.22. The lowest BCUT2D eigenvalue weighted by atomic mass is 10.0. The minimum Gasteiger partial charge on any atom is -0.488 e. The Balaban J connectivity index is 2.95. The van der Waals surface area contributed by atoms with E-state index in [2.05, 4.69) is 0 Å². The lowest BCUT2D eigenvalue weighted by molar-refractivity contribution is 0.0596. The second-order valence-electron chi connectivity index (χ2n) is 4.39. The van der Waals surface area contributed by atoms with Crippen molar-refractivity contribution in [3.8, 4) is 5.75 Å². The van der Waals surface area contributed by atoms with Crippen LogP contribution in [0.25, 0.3) is 0 Å². The molecule has 0 aromatic heterocycles. The Morgan fingerprint density at radius 2 is 1.88 bits per heavy atom. The molecule has 1 aromatic carbocycles. The maximum Gasteiger partial charge on any atom is 0.124 e. The maximum atomic E-state index is 9.41. The normalized spacial score (nSPS) is 16.6. The fraction of sp³-hybridized carbons (Fsp3) is 0.538. The largest absolute Gasteiger partial charge is 0.488 e. The summed E-state index contributed by atoms with van der Waals surface area (Å²) >= 11 is 0. The van der Waals surface area contributed by atoms with Crippen LogP contribution in [0.4, 0.5) is 0 Å². The zero-order valence-corrected chi connectivity index (χ0v) is 10.4. The highest BCUT2D eigenvalue weighted by Crippen LogP contribution is 2.26. The van der Waals surface area contributed by atoms with Crippen molar-refractivity contribution in [2.24, 2.45) is 5.73 Å². The van der Waals surface area contributed by atoms with Gasteiger partial charge in [0.2, 0.25) is 0 Å². The fourth-order valence-electron chi connectivity index (χ4n) is 1.43. The lowest BCUT2D eigenvalue weighted by Crippen LogP contribution is -2.26. The van der Waals surface area contributed by atoms with Crippen molar-refractivity contribution in [1.29, 1.82) is 0 Å². The van der Waals surface area contributed by atoms with Gasteiger partial charge in [0.05, 0.1) is 6.10 Å². The molecule has 1 rings (SSSR count). The van der Waals surface area contributed by atoms with Crippen molar-refractivity contribution < 1.29 is 9.84 Å². The van der Waals surface area contributed by atoms with E-state index in [1.54, 1.807) is 6.92 Å². The van der Waals surface area contributed by atoms with E-state index in [-0.39, 0.29) is 12.1 Å². The molecule has 90 valence electrons. The van der Waals surface area contributed by atoms with Crippen LogP contribution in [-0.4, -0.2) is 17.3 Å². The van der Waals surface area contributed by atoms with Crippen LogP contribution >= 0.6 is 0 Å². The topological polar surface area (TPSA) is 55.5 Å². The summed E-state index contributed by atoms with van der Waals surface area (Å²) in [6, 6.07) is 5.84. The second-order valence-corrected chi connectivity index (χ2v) is 4.39. The zero-order chi connectivity index (χ0) is 12.3. The third-order valence-electron chi connectivity index (χ3n) is 2.65. The van der Waals surface area contributed by atoms with Crippen LogP contribution in [0.1, 0.15) is 37.9 Å². The maximum absolute atomic E-state index is 9.41. The Bertz CT molecular complexity index is 348. The standard InChI is InChI=1S/C13H21NO2/c1-8-5-6-13(12(7-8)9(2)14)16-11(4)10(3)15/h5-7,9-11,15H,14H2,1-4H3/t9-,10?,11?/m1/s1. The average Bonchev–Trinajstić information content (AvgIpc) is 2.20. The number of rotatable bonds is 4. The van der Waals surface area contributed by atoms with E-state index >= 15 is 0 Å². The summed E-state index contributed by atoms with van der Waals surface area (Å²) < 4.78 is 5.69. The van der Waals surface area contributed by atoms with Gasteiger partial charge in [0.15, 0.2) is 0 Å². The first-order valence-electron chi connectivity index (χ1n) is 5.62. The summed E-state index contributed by atoms with van der Waals surface area (Å²) in [5.74, 6) is 0.758. The lowest BCUT2D eigenvalue weighted by Gasteiger charge is -2.21. The molecule has 1 aromatic rings. The van der Waals surface area contributed by atoms with Gasteiger partial charge < -0.3 is 15.6 Å². The van der Waals surface area contributed by atoms with Gasteiger partial charge in [0, 0.05) is 11.6 Å². The second kappa shape index (κ2) is 5.32. The number of nitrogens with two attached hydrogens (primary N) is 1. The van der Waals surface area contributed by atoms with Gasteiger partial charge in [-0.2, -0.15) is 0 Å². The number of hydrogen-bond acceptors (Lipinski definition) is 3. The van der Waals surface area contributed by atoms with Gasteiger partial charge in [-0.3, -0.25) is 0 Å². The average molecular weight is 223 g/mol. The van der Waals surface area contributed by atoms with Crippen molar-refractivity contribution in [1.82, 2.24) is 0 Å². The van der Waals surface area contributed by atoms with E-state index in [1.165, 1.54) is 0 Å². The molecule has 16 heavy (non-hydrogen) atoms. The Kier molecular flexibility index (Phi) is 4.33. The number of benzene rings is 1. The van der Waals surface area contributed by atoms with Crippen LogP contribution in [0.5, 0.6) is 5.75 Å². The monoisotopic (exact) mass is 223 g/mol. The molecule has 3 atom stereocenters. The number of aliphatic hydroxyl groups excluding tert-OH is 1. The molecule has 3 nitrogen and oxygen atoms in total. The first-order valence-corrected chi connectivity index (χ1v) is 5.62. The van der Waals surface area contributed by atoms with E-state index in [0.29, 0.717) is 0 Å². The Hall–Kier alpha value is -1.06. The van der Waals surface area contributed by atoms with E-state index < -0.39 is 6.10 Å². The van der Waals surface area contributed by atoms with E-state index in [4.69, 9.17) is 10.5 Å². The molecule has 0 aliphatic rings. The van der Waals surface area contributed by atoms with Gasteiger partial charge in [-0.05, 0) is 33.8 Å². The molecule has 0 spiro atoms. The summed E-state index contributed by atoms with van der Waals surface area (Å²) in [4.78, 5) is 0. The summed E-state index contributed by atoms with van der Waals surface area (Å²) in [6.45, 7) is 7.50. The molecule has 0 amide bonds. The quantitative estimate of drug-likeness (QED) is 0.822. The molecule has 0 aliphatic carbocycles. The number of aryl methyl sites for hydroxylation is 1. The van der Waals surface area contributed by atoms with Gasteiger partial charge in [-0.25, -0.2) is 0 Å². The molecule has 3 N–H and O–H groups in total. The summed E-state index contributed by atoms with van der Waals surface area (Å²) in [5, 5.41) is 9.41. The molecule has 0 heterocycles. The predicted octanol–water partition coefficient (Wildman–Crippen LogP) is 2.16. The summed E-state index contributed by atoms with van der Waals surface area (Å²) in [5.41, 5.74) is 8.03. The van der Waals surface area contributed by atoms with E-state index in [0.717, 1.165) is 16.9 Å². The smallest absolute Gasteiger partial charge is 0.124 e. The minimum atomic E-state index is -0.498. The number of hydrogen-bond donors (Lipinski definition) is 2. The Morgan fingerprint density at radius 3 is 2.38 bits per heavy atom. The molecular formula is C13H21NO2. The van der Waals surface area contributed by atoms with Crippen LogP contribution in [0.2, 0.25) is 0 Å². The van der Waals surface area contributed by atoms with Gasteiger partial charge >= 0.3 is 0 Å². The SMILES string of the molecule is Cc1ccc(OC(C)C(C)O)c([C@@H](C)N)c1. The van der Waals surface area contributed by atoms with Crippen LogP contribution in [0.15, 0.2) is 18.2 Å². The molecule has 2 unspecified atom stereocenters. The third-order valence-corrected chi connectivity index (χ3v) is 2.65. The number of aliphatic hydroxyl groups is 1. The minimum absolute atomic E-state index is 0.0731. The fourth-order valence-corrected chi connectivity index (χ4v) is 1.43. The van der Waals surface area contributed by atoms with Gasteiger partial charge in [-0.1, -0.05) is 17.7 Å². The Labute approximate surface area is 97.2 Å². The van der Waals surface area contributed by atoms with Gasteiger partial charge in [0.25, 0.3) is 0 Å². The van der Waals surface area contributed by atoms with Gasteiger partial charge in [0.1, 0.15) is 11.9 Å². The molecule has 0 saturated carbocycles. The van der Waals surface area contributed by atoms with Crippen LogP contribution in [0, 0.1) is 6.92 Å². The van der Waals surface area contributed by atoms with Gasteiger partial charge in [-0.15, -0.1) is 0 Å². The molecule has 3 heteroatoms. The molecular weight excluding hydrogens is 202 g/mol. The molecule has 0 aliphatic heterocycles. The highest BCUT2D eigenvalue weighted by Gasteiger charge is 2.14.